The summed E-state index contributed by atoms with van der Waals surface area (Å²) in [5.41, 5.74) is 0.600. The lowest BCUT2D eigenvalue weighted by atomic mass is 10.2. The Morgan fingerprint density at radius 3 is 2.69 bits per heavy atom. The molecule has 1 amide bonds. The molecule has 3 heterocycles. The molecule has 2 N–H and O–H groups in total. The molecule has 0 saturated carbocycles. The number of carbonyl (C=O) groups is 1. The summed E-state index contributed by atoms with van der Waals surface area (Å²) in [7, 11) is -1.74. The van der Waals surface area contributed by atoms with E-state index in [0.717, 1.165) is 0 Å². The molecule has 7 nitrogen and oxygen atoms in total. The molecular formula is C21H30N2O5Si. The molecule has 1 aromatic carbocycles. The van der Waals surface area contributed by atoms with Gasteiger partial charge in [-0.2, -0.15) is 0 Å². The van der Waals surface area contributed by atoms with Gasteiger partial charge in [-0.1, -0.05) is 51.1 Å². The third kappa shape index (κ3) is 4.41. The largest absolute Gasteiger partial charge is 0.412 e. The first-order chi connectivity index (χ1) is 13.7. The number of amides is 1. The summed E-state index contributed by atoms with van der Waals surface area (Å²) in [5, 5.41) is 14.7. The second-order valence-corrected chi connectivity index (χ2v) is 12.6. The van der Waals surface area contributed by atoms with Crippen LogP contribution < -0.4 is 10.5 Å². The lowest BCUT2D eigenvalue weighted by Gasteiger charge is -2.31. The van der Waals surface area contributed by atoms with Crippen LogP contribution in [0, 0.1) is 0 Å². The van der Waals surface area contributed by atoms with E-state index in [1.807, 2.05) is 23.1 Å². The number of carbonyl (C=O) groups excluding carboxylic acids is 1. The molecule has 2 fully saturated rings. The summed E-state index contributed by atoms with van der Waals surface area (Å²) in [6.45, 7) is 8.71. The van der Waals surface area contributed by atoms with Crippen LogP contribution in [0.25, 0.3) is 0 Å². The summed E-state index contributed by atoms with van der Waals surface area (Å²) >= 11 is 0. The van der Waals surface area contributed by atoms with Crippen LogP contribution in [0.4, 0.5) is 0 Å². The van der Waals surface area contributed by atoms with E-state index in [0.29, 0.717) is 18.6 Å². The summed E-state index contributed by atoms with van der Waals surface area (Å²) in [6.07, 6.45) is 0.290. The van der Waals surface area contributed by atoms with E-state index in [-0.39, 0.29) is 29.6 Å². The van der Waals surface area contributed by atoms with Crippen LogP contribution in [0.5, 0.6) is 0 Å². The molecule has 6 atom stereocenters. The van der Waals surface area contributed by atoms with Crippen molar-refractivity contribution in [1.82, 2.24) is 10.2 Å². The van der Waals surface area contributed by atoms with Gasteiger partial charge in [-0.15, -0.1) is 0 Å². The number of ether oxygens (including phenoxy) is 2. The zero-order valence-electron chi connectivity index (χ0n) is 17.4. The van der Waals surface area contributed by atoms with Gasteiger partial charge < -0.3 is 29.2 Å². The van der Waals surface area contributed by atoms with Crippen LogP contribution >= 0.6 is 0 Å². The summed E-state index contributed by atoms with van der Waals surface area (Å²) in [4.78, 5) is 13.9. The molecule has 0 aliphatic carbocycles. The van der Waals surface area contributed by atoms with Crippen LogP contribution in [0.15, 0.2) is 42.1 Å². The van der Waals surface area contributed by atoms with Crippen molar-refractivity contribution in [3.05, 3.63) is 42.1 Å². The van der Waals surface area contributed by atoms with Crippen molar-refractivity contribution >= 4 is 20.1 Å². The number of aliphatic hydroxyl groups excluding tert-OH is 1. The second kappa shape index (κ2) is 7.85. The SMILES string of the molecule is CC1=CN(C2CC(O)C(CO[SiH](c3ccccc3)C(C)(C)C)O2)C2OC2NC1=O. The van der Waals surface area contributed by atoms with E-state index in [2.05, 4.69) is 38.2 Å². The fourth-order valence-corrected chi connectivity index (χ4v) is 6.64. The monoisotopic (exact) mass is 418 g/mol. The molecule has 6 unspecified atom stereocenters. The Kier molecular flexibility index (Phi) is 5.56. The topological polar surface area (TPSA) is 83.6 Å². The Balaban J connectivity index is 1.42. The van der Waals surface area contributed by atoms with Gasteiger partial charge in [-0.25, -0.2) is 0 Å². The first-order valence-electron chi connectivity index (χ1n) is 10.2. The predicted molar refractivity (Wildman–Crippen MR) is 111 cm³/mol. The van der Waals surface area contributed by atoms with Gasteiger partial charge in [0.25, 0.3) is 0 Å². The minimum atomic E-state index is -1.74. The maximum atomic E-state index is 12.0. The predicted octanol–water partition coefficient (Wildman–Crippen LogP) is 0.928. The van der Waals surface area contributed by atoms with E-state index < -0.39 is 21.2 Å². The van der Waals surface area contributed by atoms with Gasteiger partial charge >= 0.3 is 0 Å². The Bertz CT molecular complexity index is 781. The van der Waals surface area contributed by atoms with Crippen molar-refractivity contribution in [3.63, 3.8) is 0 Å². The van der Waals surface area contributed by atoms with Gasteiger partial charge in [0.1, 0.15) is 12.3 Å². The fourth-order valence-electron chi connectivity index (χ4n) is 4.00. The lowest BCUT2D eigenvalue weighted by Crippen LogP contribution is -2.44. The van der Waals surface area contributed by atoms with Crippen LogP contribution in [-0.4, -0.2) is 62.5 Å². The first kappa shape index (κ1) is 20.6. The molecule has 4 rings (SSSR count). The molecule has 0 bridgehead atoms. The summed E-state index contributed by atoms with van der Waals surface area (Å²) in [6, 6.07) is 10.3. The van der Waals surface area contributed by atoms with Crippen molar-refractivity contribution in [2.24, 2.45) is 0 Å². The van der Waals surface area contributed by atoms with E-state index in [9.17, 15) is 9.90 Å². The molecule has 8 heteroatoms. The van der Waals surface area contributed by atoms with E-state index >= 15 is 0 Å². The van der Waals surface area contributed by atoms with Crippen molar-refractivity contribution in [1.29, 1.82) is 0 Å². The second-order valence-electron chi connectivity index (χ2n) is 9.10. The van der Waals surface area contributed by atoms with E-state index in [4.69, 9.17) is 13.9 Å². The first-order valence-corrected chi connectivity index (χ1v) is 11.8. The molecule has 0 aromatic heterocycles. The maximum Gasteiger partial charge on any atom is 0.250 e. The van der Waals surface area contributed by atoms with Crippen LogP contribution in [-0.2, 0) is 18.7 Å². The molecule has 158 valence electrons. The summed E-state index contributed by atoms with van der Waals surface area (Å²) < 4.78 is 18.1. The normalized spacial score (nSPS) is 32.9. The highest BCUT2D eigenvalue weighted by atomic mass is 28.3. The van der Waals surface area contributed by atoms with E-state index in [1.54, 1.807) is 13.1 Å². The minimum Gasteiger partial charge on any atom is -0.412 e. The number of nitrogens with zero attached hydrogens (tertiary/aromatic N) is 1. The van der Waals surface area contributed by atoms with Crippen molar-refractivity contribution in [2.75, 3.05) is 6.61 Å². The molecule has 1 aromatic rings. The minimum absolute atomic E-state index is 0.0378. The van der Waals surface area contributed by atoms with Gasteiger partial charge in [-0.3, -0.25) is 4.79 Å². The standard InChI is InChI=1S/C21H30N2O5Si/c1-13-11-23(20-19(28-20)22-18(13)25)17-10-15(24)16(27-17)12-26-29(21(2,3)4)14-8-6-5-7-9-14/h5-9,11,15-17,19-20,24,29H,10,12H2,1-4H3,(H,22,25). The van der Waals surface area contributed by atoms with Crippen molar-refractivity contribution in [2.45, 2.75) is 70.0 Å². The Morgan fingerprint density at radius 1 is 1.28 bits per heavy atom. The number of benzene rings is 1. The number of hydrogen-bond donors (Lipinski definition) is 2. The number of hydrogen-bond acceptors (Lipinski definition) is 6. The maximum absolute atomic E-state index is 12.0. The van der Waals surface area contributed by atoms with Crippen LogP contribution in [0.3, 0.4) is 0 Å². The fraction of sp³-hybridized carbons (Fsp3) is 0.571. The molecule has 2 saturated heterocycles. The Hall–Kier alpha value is -1.71. The molecule has 29 heavy (non-hydrogen) atoms. The van der Waals surface area contributed by atoms with Crippen molar-refractivity contribution in [3.8, 4) is 0 Å². The third-order valence-electron chi connectivity index (χ3n) is 5.59. The number of aliphatic hydroxyl groups is 1. The molecule has 0 spiro atoms. The average molecular weight is 419 g/mol. The van der Waals surface area contributed by atoms with Crippen LogP contribution in [0.1, 0.15) is 34.1 Å². The zero-order chi connectivity index (χ0) is 20.8. The van der Waals surface area contributed by atoms with Gasteiger partial charge in [0.15, 0.2) is 12.5 Å². The molecule has 0 radical (unpaired) electrons. The van der Waals surface area contributed by atoms with Crippen molar-refractivity contribution < 1.29 is 23.8 Å². The third-order valence-corrected chi connectivity index (χ3v) is 8.68. The smallest absolute Gasteiger partial charge is 0.250 e. The Labute approximate surface area is 173 Å². The Morgan fingerprint density at radius 2 is 2.00 bits per heavy atom. The zero-order valence-corrected chi connectivity index (χ0v) is 18.5. The van der Waals surface area contributed by atoms with Gasteiger partial charge in [-0.05, 0) is 17.1 Å². The highest BCUT2D eigenvalue weighted by molar-refractivity contribution is 6.70. The number of rotatable bonds is 5. The van der Waals surface area contributed by atoms with Gasteiger partial charge in [0.05, 0.1) is 12.7 Å². The molecule has 3 aliphatic rings. The number of nitrogens with one attached hydrogen (secondary N) is 1. The number of fused-ring (bicyclic) bond motifs is 1. The van der Waals surface area contributed by atoms with E-state index in [1.165, 1.54) is 5.19 Å². The average Bonchev–Trinajstić information content (AvgIpc) is 3.34. The van der Waals surface area contributed by atoms with Gasteiger partial charge in [0.2, 0.25) is 14.9 Å². The lowest BCUT2D eigenvalue weighted by molar-refractivity contribution is -0.118. The molecule has 3 aliphatic heterocycles. The molecular weight excluding hydrogens is 388 g/mol. The van der Waals surface area contributed by atoms with Gasteiger partial charge in [0, 0.05) is 18.2 Å². The van der Waals surface area contributed by atoms with Crippen LogP contribution in [0.2, 0.25) is 5.04 Å². The summed E-state index contributed by atoms with van der Waals surface area (Å²) in [5.74, 6) is -0.139. The highest BCUT2D eigenvalue weighted by Gasteiger charge is 2.51. The quantitative estimate of drug-likeness (QED) is 0.547. The number of epoxide rings is 1. The highest BCUT2D eigenvalue weighted by Crippen LogP contribution is 2.35.